The molecule has 0 saturated heterocycles. The maximum atomic E-state index is 13.1. The summed E-state index contributed by atoms with van der Waals surface area (Å²) in [6.07, 6.45) is -0.584. The highest BCUT2D eigenvalue weighted by molar-refractivity contribution is 6.05. The monoisotopic (exact) mass is 316 g/mol. The fraction of sp³-hybridized carbons (Fsp3) is 0.176. The number of ether oxygens (including phenoxy) is 1. The molecular formula is C17H17FN2O3. The Hall–Kier alpha value is -2.89. The van der Waals surface area contributed by atoms with Crippen LogP contribution in [0.15, 0.2) is 42.5 Å². The number of rotatable bonds is 4. The van der Waals surface area contributed by atoms with Gasteiger partial charge in [0.2, 0.25) is 0 Å². The second-order valence-corrected chi connectivity index (χ2v) is 4.84. The van der Waals surface area contributed by atoms with Crippen molar-refractivity contribution in [2.75, 3.05) is 17.2 Å². The van der Waals surface area contributed by atoms with Crippen LogP contribution < -0.4 is 10.6 Å². The minimum Gasteiger partial charge on any atom is -0.450 e. The zero-order valence-electron chi connectivity index (χ0n) is 12.9. The van der Waals surface area contributed by atoms with Gasteiger partial charge in [-0.3, -0.25) is 10.1 Å². The zero-order valence-corrected chi connectivity index (χ0v) is 12.9. The molecule has 0 unspecified atom stereocenters. The van der Waals surface area contributed by atoms with Crippen molar-refractivity contribution in [3.63, 3.8) is 0 Å². The second kappa shape index (κ2) is 7.40. The number of aryl methyl sites for hydroxylation is 1. The van der Waals surface area contributed by atoms with E-state index in [2.05, 4.69) is 10.6 Å². The van der Waals surface area contributed by atoms with E-state index < -0.39 is 6.09 Å². The molecule has 2 rings (SSSR count). The highest BCUT2D eigenvalue weighted by Gasteiger charge is 2.10. The van der Waals surface area contributed by atoms with Gasteiger partial charge in [-0.1, -0.05) is 6.07 Å². The van der Waals surface area contributed by atoms with E-state index >= 15 is 0 Å². The van der Waals surface area contributed by atoms with Crippen LogP contribution in [0.4, 0.5) is 20.6 Å². The summed E-state index contributed by atoms with van der Waals surface area (Å²) in [5.41, 5.74) is 1.97. The first kappa shape index (κ1) is 16.5. The summed E-state index contributed by atoms with van der Waals surface area (Å²) in [4.78, 5) is 23.7. The maximum Gasteiger partial charge on any atom is 0.411 e. The largest absolute Gasteiger partial charge is 0.450 e. The Morgan fingerprint density at radius 1 is 1.13 bits per heavy atom. The molecule has 2 amide bonds. The topological polar surface area (TPSA) is 67.4 Å². The van der Waals surface area contributed by atoms with Crippen molar-refractivity contribution in [3.8, 4) is 0 Å². The highest BCUT2D eigenvalue weighted by Crippen LogP contribution is 2.18. The van der Waals surface area contributed by atoms with Crippen molar-refractivity contribution in [1.82, 2.24) is 0 Å². The third-order valence-electron chi connectivity index (χ3n) is 3.08. The van der Waals surface area contributed by atoms with Gasteiger partial charge in [0.05, 0.1) is 6.61 Å². The molecule has 6 heteroatoms. The minimum atomic E-state index is -0.584. The summed E-state index contributed by atoms with van der Waals surface area (Å²) < 4.78 is 17.9. The molecule has 0 fully saturated rings. The van der Waals surface area contributed by atoms with Gasteiger partial charge in [-0.25, -0.2) is 9.18 Å². The van der Waals surface area contributed by atoms with Gasteiger partial charge >= 0.3 is 6.09 Å². The number of nitrogens with one attached hydrogen (secondary N) is 2. The lowest BCUT2D eigenvalue weighted by molar-refractivity contribution is 0.102. The van der Waals surface area contributed by atoms with Gasteiger partial charge in [0, 0.05) is 16.9 Å². The summed E-state index contributed by atoms with van der Waals surface area (Å²) in [6, 6.07) is 10.6. The van der Waals surface area contributed by atoms with Crippen molar-refractivity contribution >= 4 is 23.4 Å². The zero-order chi connectivity index (χ0) is 16.8. The summed E-state index contributed by atoms with van der Waals surface area (Å²) in [5.74, 6) is -0.714. The first-order valence-corrected chi connectivity index (χ1v) is 7.11. The Labute approximate surface area is 133 Å². The molecule has 2 N–H and O–H groups in total. The average molecular weight is 316 g/mol. The van der Waals surface area contributed by atoms with Crippen LogP contribution in [0.1, 0.15) is 22.8 Å². The Morgan fingerprint density at radius 2 is 1.91 bits per heavy atom. The van der Waals surface area contributed by atoms with Crippen molar-refractivity contribution in [3.05, 3.63) is 59.4 Å². The predicted molar refractivity (Wildman–Crippen MR) is 86.2 cm³/mol. The van der Waals surface area contributed by atoms with Crippen molar-refractivity contribution in [2.24, 2.45) is 0 Å². The van der Waals surface area contributed by atoms with E-state index in [0.29, 0.717) is 22.5 Å². The second-order valence-electron chi connectivity index (χ2n) is 4.84. The number of hydrogen-bond donors (Lipinski definition) is 2. The Bertz CT molecular complexity index is 732. The Balaban J connectivity index is 2.11. The summed E-state index contributed by atoms with van der Waals surface area (Å²) in [5, 5.41) is 5.24. The number of carbonyl (C=O) groups excluding carboxylic acids is 2. The van der Waals surface area contributed by atoms with E-state index in [-0.39, 0.29) is 18.3 Å². The molecule has 5 nitrogen and oxygen atoms in total. The number of amides is 2. The first-order chi connectivity index (χ1) is 11.0. The normalized spacial score (nSPS) is 10.0. The molecule has 0 atom stereocenters. The van der Waals surface area contributed by atoms with Crippen LogP contribution in [0, 0.1) is 12.7 Å². The lowest BCUT2D eigenvalue weighted by Gasteiger charge is -2.10. The van der Waals surface area contributed by atoms with E-state index in [1.807, 2.05) is 0 Å². The van der Waals surface area contributed by atoms with E-state index in [9.17, 15) is 14.0 Å². The van der Waals surface area contributed by atoms with Crippen molar-refractivity contribution < 1.29 is 18.7 Å². The number of carbonyl (C=O) groups is 2. The molecule has 2 aromatic carbocycles. The summed E-state index contributed by atoms with van der Waals surface area (Å²) >= 11 is 0. The molecule has 0 aromatic heterocycles. The number of halogens is 1. The quantitative estimate of drug-likeness (QED) is 0.897. The third kappa shape index (κ3) is 4.54. The molecule has 23 heavy (non-hydrogen) atoms. The molecule has 0 radical (unpaired) electrons. The van der Waals surface area contributed by atoms with E-state index in [0.717, 1.165) is 0 Å². The first-order valence-electron chi connectivity index (χ1n) is 7.11. The van der Waals surface area contributed by atoms with Gasteiger partial charge in [-0.15, -0.1) is 0 Å². The molecule has 2 aromatic rings. The van der Waals surface area contributed by atoms with Crippen LogP contribution in [0.2, 0.25) is 0 Å². The van der Waals surface area contributed by atoms with Crippen molar-refractivity contribution in [2.45, 2.75) is 13.8 Å². The lowest BCUT2D eigenvalue weighted by Crippen LogP contribution is -2.15. The van der Waals surface area contributed by atoms with Gasteiger partial charge in [0.15, 0.2) is 0 Å². The molecule has 0 aliphatic rings. The van der Waals surface area contributed by atoms with E-state index in [1.54, 1.807) is 32.0 Å². The predicted octanol–water partition coefficient (Wildman–Crippen LogP) is 3.95. The van der Waals surface area contributed by atoms with Crippen LogP contribution >= 0.6 is 0 Å². The number of hydrogen-bond acceptors (Lipinski definition) is 3. The third-order valence-corrected chi connectivity index (χ3v) is 3.08. The van der Waals surface area contributed by atoms with Crippen LogP contribution in [0.25, 0.3) is 0 Å². The lowest BCUT2D eigenvalue weighted by atomic mass is 10.1. The highest BCUT2D eigenvalue weighted by atomic mass is 19.1. The molecule has 120 valence electrons. The van der Waals surface area contributed by atoms with Crippen molar-refractivity contribution in [1.29, 1.82) is 0 Å². The Kier molecular flexibility index (Phi) is 5.30. The maximum absolute atomic E-state index is 13.1. The van der Waals surface area contributed by atoms with E-state index in [4.69, 9.17) is 4.74 Å². The number of anilines is 2. The van der Waals surface area contributed by atoms with Gasteiger partial charge < -0.3 is 10.1 Å². The summed E-state index contributed by atoms with van der Waals surface area (Å²) in [6.45, 7) is 3.67. The molecule has 0 aliphatic heterocycles. The van der Waals surface area contributed by atoms with Gasteiger partial charge in [-0.2, -0.15) is 0 Å². The van der Waals surface area contributed by atoms with Gasteiger partial charge in [0.25, 0.3) is 5.91 Å². The summed E-state index contributed by atoms with van der Waals surface area (Å²) in [7, 11) is 0. The minimum absolute atomic E-state index is 0.260. The average Bonchev–Trinajstić information content (AvgIpc) is 2.50. The van der Waals surface area contributed by atoms with Crippen LogP contribution in [-0.2, 0) is 4.74 Å². The van der Waals surface area contributed by atoms with Gasteiger partial charge in [0.1, 0.15) is 5.82 Å². The van der Waals surface area contributed by atoms with Crippen LogP contribution in [0.5, 0.6) is 0 Å². The fourth-order valence-corrected chi connectivity index (χ4v) is 1.99. The standard InChI is InChI=1S/C17H17FN2O3/c1-3-23-17(22)19-14-6-4-5-12(10-14)16(21)20-15-8-7-13(18)9-11(15)2/h4-10H,3H2,1-2H3,(H,19,22)(H,20,21). The Morgan fingerprint density at radius 3 is 2.61 bits per heavy atom. The molecule has 0 aliphatic carbocycles. The van der Waals surface area contributed by atoms with Gasteiger partial charge in [-0.05, 0) is 55.8 Å². The van der Waals surface area contributed by atoms with E-state index in [1.165, 1.54) is 24.3 Å². The van der Waals surface area contributed by atoms with Crippen LogP contribution in [-0.4, -0.2) is 18.6 Å². The molecule has 0 heterocycles. The SMILES string of the molecule is CCOC(=O)Nc1cccc(C(=O)Nc2ccc(F)cc2C)c1. The molecular weight excluding hydrogens is 299 g/mol. The number of benzene rings is 2. The van der Waals surface area contributed by atoms with Crippen LogP contribution in [0.3, 0.4) is 0 Å². The fourth-order valence-electron chi connectivity index (χ4n) is 1.99. The smallest absolute Gasteiger partial charge is 0.411 e. The molecule has 0 saturated carbocycles. The molecule has 0 bridgehead atoms. The molecule has 0 spiro atoms.